The fourth-order valence-corrected chi connectivity index (χ4v) is 2.55. The molecule has 0 bridgehead atoms. The Kier molecular flexibility index (Phi) is 5.76. The smallest absolute Gasteiger partial charge is 0.276 e. The molecule has 2 aromatic heterocycles. The van der Waals surface area contributed by atoms with Crippen molar-refractivity contribution >= 4 is 11.6 Å². The van der Waals surface area contributed by atoms with Gasteiger partial charge in [0.2, 0.25) is 0 Å². The van der Waals surface area contributed by atoms with E-state index in [2.05, 4.69) is 20.3 Å². The summed E-state index contributed by atoms with van der Waals surface area (Å²) >= 11 is 0. The first-order chi connectivity index (χ1) is 12.6. The van der Waals surface area contributed by atoms with Gasteiger partial charge in [-0.1, -0.05) is 12.1 Å². The lowest BCUT2D eigenvalue weighted by Crippen LogP contribution is -2.19. The lowest BCUT2D eigenvalue weighted by atomic mass is 10.1. The van der Waals surface area contributed by atoms with Crippen molar-refractivity contribution in [3.8, 4) is 0 Å². The molecular weight excluding hydrogens is 326 g/mol. The third kappa shape index (κ3) is 5.00. The molecule has 0 spiro atoms. The molecule has 6 heteroatoms. The van der Waals surface area contributed by atoms with Crippen LogP contribution in [0.5, 0.6) is 0 Å². The fraction of sp³-hybridized carbons (Fsp3) is 0.250. The van der Waals surface area contributed by atoms with Crippen molar-refractivity contribution in [2.45, 2.75) is 13.0 Å². The monoisotopic (exact) mass is 349 g/mol. The van der Waals surface area contributed by atoms with Gasteiger partial charge in [-0.05, 0) is 62.0 Å². The highest BCUT2D eigenvalue weighted by atomic mass is 16.1. The summed E-state index contributed by atoms with van der Waals surface area (Å²) < 4.78 is 1.78. The number of carbonyl (C=O) groups is 1. The molecule has 6 nitrogen and oxygen atoms in total. The molecule has 0 atom stereocenters. The van der Waals surface area contributed by atoms with E-state index in [0.29, 0.717) is 5.69 Å². The van der Waals surface area contributed by atoms with E-state index in [1.807, 2.05) is 56.7 Å². The third-order valence-corrected chi connectivity index (χ3v) is 4.02. The minimum Gasteiger partial charge on any atom is -0.321 e. The zero-order valence-electron chi connectivity index (χ0n) is 15.1. The topological polar surface area (TPSA) is 63.1 Å². The van der Waals surface area contributed by atoms with Crippen molar-refractivity contribution in [3.63, 3.8) is 0 Å². The minimum absolute atomic E-state index is 0.199. The number of aromatic nitrogens is 3. The number of pyridine rings is 1. The van der Waals surface area contributed by atoms with Crippen LogP contribution in [-0.4, -0.2) is 46.2 Å². The minimum atomic E-state index is -0.199. The summed E-state index contributed by atoms with van der Waals surface area (Å²) in [4.78, 5) is 18.4. The molecule has 134 valence electrons. The molecule has 1 amide bonds. The molecule has 3 aromatic rings. The highest BCUT2D eigenvalue weighted by Gasteiger charge is 2.10. The highest BCUT2D eigenvalue weighted by molar-refractivity contribution is 6.02. The van der Waals surface area contributed by atoms with Gasteiger partial charge in [-0.3, -0.25) is 14.5 Å². The molecular formula is C20H23N5O. The van der Waals surface area contributed by atoms with Crippen molar-refractivity contribution in [1.29, 1.82) is 0 Å². The first-order valence-corrected chi connectivity index (χ1v) is 8.57. The second kappa shape index (κ2) is 8.40. The van der Waals surface area contributed by atoms with Gasteiger partial charge in [0, 0.05) is 30.8 Å². The molecule has 2 heterocycles. The SMILES string of the molecule is CN(C)CCn1ccc(C(=O)Nc2ccc(Cc3ccncc3)cc2)n1. The average Bonchev–Trinajstić information content (AvgIpc) is 3.12. The van der Waals surface area contributed by atoms with Crippen LogP contribution in [0, 0.1) is 0 Å². The Morgan fingerprint density at radius 3 is 2.42 bits per heavy atom. The van der Waals surface area contributed by atoms with Gasteiger partial charge >= 0.3 is 0 Å². The summed E-state index contributed by atoms with van der Waals surface area (Å²) in [5, 5.41) is 7.22. The lowest BCUT2D eigenvalue weighted by molar-refractivity contribution is 0.102. The zero-order chi connectivity index (χ0) is 18.4. The maximum absolute atomic E-state index is 12.3. The number of carbonyl (C=O) groups excluding carboxylic acids is 1. The Morgan fingerprint density at radius 1 is 1.04 bits per heavy atom. The predicted molar refractivity (Wildman–Crippen MR) is 102 cm³/mol. The van der Waals surface area contributed by atoms with E-state index in [4.69, 9.17) is 0 Å². The van der Waals surface area contributed by atoms with Crippen molar-refractivity contribution in [2.24, 2.45) is 0 Å². The van der Waals surface area contributed by atoms with Gasteiger partial charge in [-0.25, -0.2) is 0 Å². The normalized spacial score (nSPS) is 10.9. The standard InChI is InChI=1S/C20H23N5O/c1-24(2)13-14-25-12-9-19(23-25)20(26)22-18-5-3-16(4-6-18)15-17-7-10-21-11-8-17/h3-12H,13-15H2,1-2H3,(H,22,26). The van der Waals surface area contributed by atoms with Gasteiger partial charge < -0.3 is 10.2 Å². The first kappa shape index (κ1) is 17.8. The molecule has 1 aromatic carbocycles. The fourth-order valence-electron chi connectivity index (χ4n) is 2.55. The van der Waals surface area contributed by atoms with Crippen LogP contribution in [0.2, 0.25) is 0 Å². The first-order valence-electron chi connectivity index (χ1n) is 8.57. The summed E-state index contributed by atoms with van der Waals surface area (Å²) in [5.41, 5.74) is 3.57. The van der Waals surface area contributed by atoms with Crippen LogP contribution in [0.4, 0.5) is 5.69 Å². The molecule has 0 radical (unpaired) electrons. The number of amides is 1. The van der Waals surface area contributed by atoms with Gasteiger partial charge in [-0.2, -0.15) is 5.10 Å². The number of hydrogen-bond donors (Lipinski definition) is 1. The van der Waals surface area contributed by atoms with Crippen LogP contribution in [0.25, 0.3) is 0 Å². The second-order valence-electron chi connectivity index (χ2n) is 6.45. The summed E-state index contributed by atoms with van der Waals surface area (Å²) in [6.07, 6.45) is 6.26. The summed E-state index contributed by atoms with van der Waals surface area (Å²) in [6.45, 7) is 1.63. The number of likely N-dealkylation sites (N-methyl/N-ethyl adjacent to an activating group) is 1. The average molecular weight is 349 g/mol. The van der Waals surface area contributed by atoms with Crippen LogP contribution in [0.3, 0.4) is 0 Å². The number of hydrogen-bond acceptors (Lipinski definition) is 4. The summed E-state index contributed by atoms with van der Waals surface area (Å²) in [6, 6.07) is 13.6. The zero-order valence-corrected chi connectivity index (χ0v) is 15.1. The van der Waals surface area contributed by atoms with E-state index in [0.717, 1.165) is 25.2 Å². The Balaban J connectivity index is 1.57. The van der Waals surface area contributed by atoms with Crippen LogP contribution >= 0.6 is 0 Å². The quantitative estimate of drug-likeness (QED) is 0.712. The molecule has 3 rings (SSSR count). The third-order valence-electron chi connectivity index (χ3n) is 4.02. The van der Waals surface area contributed by atoms with Crippen molar-refractivity contribution in [2.75, 3.05) is 26.0 Å². The van der Waals surface area contributed by atoms with Crippen LogP contribution < -0.4 is 5.32 Å². The maximum Gasteiger partial charge on any atom is 0.276 e. The number of nitrogens with zero attached hydrogens (tertiary/aromatic N) is 4. The Bertz CT molecular complexity index is 840. The van der Waals surface area contributed by atoms with E-state index in [1.54, 1.807) is 23.1 Å². The summed E-state index contributed by atoms with van der Waals surface area (Å²) in [7, 11) is 4.02. The Morgan fingerprint density at radius 2 is 1.73 bits per heavy atom. The van der Waals surface area contributed by atoms with E-state index in [9.17, 15) is 4.79 Å². The Hall–Kier alpha value is -2.99. The number of rotatable bonds is 7. The van der Waals surface area contributed by atoms with Gasteiger partial charge in [-0.15, -0.1) is 0 Å². The second-order valence-corrected chi connectivity index (χ2v) is 6.45. The molecule has 1 N–H and O–H groups in total. The van der Waals surface area contributed by atoms with Crippen LogP contribution in [0.15, 0.2) is 61.1 Å². The largest absolute Gasteiger partial charge is 0.321 e. The molecule has 0 fully saturated rings. The summed E-state index contributed by atoms with van der Waals surface area (Å²) in [5.74, 6) is -0.199. The molecule has 26 heavy (non-hydrogen) atoms. The predicted octanol–water partition coefficient (Wildman–Crippen LogP) is 2.68. The molecule has 0 saturated carbocycles. The Labute approximate surface area is 153 Å². The molecule has 0 unspecified atom stereocenters. The molecule has 0 aliphatic heterocycles. The van der Waals surface area contributed by atoms with E-state index >= 15 is 0 Å². The maximum atomic E-state index is 12.3. The van der Waals surface area contributed by atoms with Crippen LogP contribution in [0.1, 0.15) is 21.6 Å². The van der Waals surface area contributed by atoms with Crippen molar-refractivity contribution in [3.05, 3.63) is 77.9 Å². The van der Waals surface area contributed by atoms with E-state index in [-0.39, 0.29) is 5.91 Å². The van der Waals surface area contributed by atoms with Gasteiger partial charge in [0.15, 0.2) is 5.69 Å². The van der Waals surface area contributed by atoms with Gasteiger partial charge in [0.25, 0.3) is 5.91 Å². The molecule has 0 saturated heterocycles. The molecule has 0 aliphatic carbocycles. The van der Waals surface area contributed by atoms with E-state index in [1.165, 1.54) is 11.1 Å². The van der Waals surface area contributed by atoms with Crippen LogP contribution in [-0.2, 0) is 13.0 Å². The molecule has 0 aliphatic rings. The highest BCUT2D eigenvalue weighted by Crippen LogP contribution is 2.14. The van der Waals surface area contributed by atoms with Gasteiger partial charge in [0.05, 0.1) is 6.54 Å². The van der Waals surface area contributed by atoms with Crippen molar-refractivity contribution < 1.29 is 4.79 Å². The number of nitrogens with one attached hydrogen (secondary N) is 1. The van der Waals surface area contributed by atoms with Crippen molar-refractivity contribution in [1.82, 2.24) is 19.7 Å². The van der Waals surface area contributed by atoms with Gasteiger partial charge in [0.1, 0.15) is 0 Å². The number of benzene rings is 1. The lowest BCUT2D eigenvalue weighted by Gasteiger charge is -2.08. The number of anilines is 1. The van der Waals surface area contributed by atoms with E-state index < -0.39 is 0 Å².